The highest BCUT2D eigenvalue weighted by atomic mass is 35.5. The van der Waals surface area contributed by atoms with Crippen molar-refractivity contribution in [1.29, 1.82) is 5.26 Å². The van der Waals surface area contributed by atoms with Gasteiger partial charge in [-0.3, -0.25) is 4.79 Å². The van der Waals surface area contributed by atoms with E-state index in [1.54, 1.807) is 18.2 Å². The summed E-state index contributed by atoms with van der Waals surface area (Å²) in [6.07, 6.45) is 1.90. The van der Waals surface area contributed by atoms with Crippen LogP contribution < -0.4 is 5.56 Å². The van der Waals surface area contributed by atoms with Crippen molar-refractivity contribution in [2.24, 2.45) is 0 Å². The lowest BCUT2D eigenvalue weighted by atomic mass is 10.00. The van der Waals surface area contributed by atoms with Gasteiger partial charge >= 0.3 is 0 Å². The van der Waals surface area contributed by atoms with Crippen molar-refractivity contribution in [3.05, 3.63) is 74.2 Å². The van der Waals surface area contributed by atoms with E-state index in [0.717, 1.165) is 5.56 Å². The van der Waals surface area contributed by atoms with Crippen LogP contribution in [0, 0.1) is 16.0 Å². The van der Waals surface area contributed by atoms with E-state index < -0.39 is 5.56 Å². The minimum atomic E-state index is -0.440. The fourth-order valence-corrected chi connectivity index (χ4v) is 3.37. The molecule has 0 atom stereocenters. The number of aromatic nitrogens is 2. The lowest BCUT2D eigenvalue weighted by Gasteiger charge is -2.14. The predicted octanol–water partition coefficient (Wildman–Crippen LogP) is 5.35. The Bertz CT molecular complexity index is 1120. The van der Waals surface area contributed by atoms with Gasteiger partial charge in [-0.15, -0.1) is 0 Å². The first-order valence-electron chi connectivity index (χ1n) is 8.07. The van der Waals surface area contributed by atoms with Gasteiger partial charge in [-0.1, -0.05) is 36.0 Å². The zero-order valence-electron chi connectivity index (χ0n) is 14.3. The Labute approximate surface area is 161 Å². The summed E-state index contributed by atoms with van der Waals surface area (Å²) in [4.78, 5) is 15.3. The first-order chi connectivity index (χ1) is 12.4. The van der Waals surface area contributed by atoms with Crippen molar-refractivity contribution < 1.29 is 0 Å². The third-order valence-electron chi connectivity index (χ3n) is 4.12. The molecule has 0 bridgehead atoms. The van der Waals surface area contributed by atoms with Crippen LogP contribution in [0.15, 0.2) is 53.5 Å². The quantitative estimate of drug-likeness (QED) is 0.622. The molecule has 3 aromatic rings. The van der Waals surface area contributed by atoms with Crippen LogP contribution in [0.2, 0.25) is 5.02 Å². The normalized spacial score (nSPS) is 10.7. The predicted molar refractivity (Wildman–Crippen MR) is 107 cm³/mol. The molecule has 0 saturated carbocycles. The van der Waals surface area contributed by atoms with Crippen molar-refractivity contribution in [3.8, 4) is 28.5 Å². The fraction of sp³-hybridized carbons (Fsp3) is 0.150. The van der Waals surface area contributed by atoms with Gasteiger partial charge in [0.2, 0.25) is 0 Å². The Morgan fingerprint density at radius 1 is 1.19 bits per heavy atom. The van der Waals surface area contributed by atoms with Crippen LogP contribution in [-0.2, 0) is 0 Å². The number of hydrogen-bond acceptors (Lipinski definition) is 3. The number of nitriles is 1. The van der Waals surface area contributed by atoms with E-state index >= 15 is 0 Å². The Kier molecular flexibility index (Phi) is 5.08. The van der Waals surface area contributed by atoms with Gasteiger partial charge in [-0.2, -0.15) is 5.26 Å². The number of nitrogens with one attached hydrogen (secondary N) is 1. The number of halogens is 1. The summed E-state index contributed by atoms with van der Waals surface area (Å²) in [6, 6.07) is 14.8. The molecule has 0 aliphatic carbocycles. The topological polar surface area (TPSA) is 61.6 Å². The first-order valence-corrected chi connectivity index (χ1v) is 8.86. The van der Waals surface area contributed by atoms with E-state index in [1.807, 2.05) is 54.9 Å². The monoisotopic (exact) mass is 381 g/mol. The molecular weight excluding hydrogens is 366 g/mol. The first kappa shape index (κ1) is 18.1. The van der Waals surface area contributed by atoms with Crippen molar-refractivity contribution in [2.45, 2.75) is 19.9 Å². The second kappa shape index (κ2) is 7.28. The van der Waals surface area contributed by atoms with Crippen LogP contribution in [0.4, 0.5) is 0 Å². The summed E-state index contributed by atoms with van der Waals surface area (Å²) in [7, 11) is 0. The summed E-state index contributed by atoms with van der Waals surface area (Å²) in [6.45, 7) is 4.06. The minimum absolute atomic E-state index is 0.0512. The largest absolute Gasteiger partial charge is 0.336 e. The molecule has 0 amide bonds. The molecular formula is C20H16ClN3OS. The smallest absolute Gasteiger partial charge is 0.266 e. The molecule has 0 fully saturated rings. The third kappa shape index (κ3) is 3.34. The second-order valence-electron chi connectivity index (χ2n) is 6.15. The van der Waals surface area contributed by atoms with Crippen LogP contribution in [0.1, 0.15) is 25.5 Å². The molecule has 1 aromatic carbocycles. The average Bonchev–Trinajstić information content (AvgIpc) is 2.61. The van der Waals surface area contributed by atoms with Gasteiger partial charge in [0.1, 0.15) is 16.3 Å². The Hall–Kier alpha value is -2.68. The van der Waals surface area contributed by atoms with Crippen molar-refractivity contribution in [1.82, 2.24) is 9.55 Å². The average molecular weight is 382 g/mol. The van der Waals surface area contributed by atoms with E-state index in [1.165, 1.54) is 0 Å². The zero-order valence-corrected chi connectivity index (χ0v) is 15.9. The number of nitrogens with zero attached hydrogens (tertiary/aromatic N) is 2. The van der Waals surface area contributed by atoms with Crippen molar-refractivity contribution >= 4 is 23.8 Å². The number of H-pyrrole nitrogens is 1. The highest BCUT2D eigenvalue weighted by Gasteiger charge is 2.15. The number of benzene rings is 1. The van der Waals surface area contributed by atoms with Gasteiger partial charge in [-0.05, 0) is 49.7 Å². The summed E-state index contributed by atoms with van der Waals surface area (Å²) < 4.78 is 2.53. The van der Waals surface area contributed by atoms with Gasteiger partial charge in [0.25, 0.3) is 5.56 Å². The Morgan fingerprint density at radius 2 is 1.88 bits per heavy atom. The molecule has 0 unspecified atom stereocenters. The van der Waals surface area contributed by atoms with E-state index in [0.29, 0.717) is 26.5 Å². The fourth-order valence-electron chi connectivity index (χ4n) is 2.79. The molecule has 3 rings (SSSR count). The number of aromatic amines is 1. The summed E-state index contributed by atoms with van der Waals surface area (Å²) >= 11 is 11.5. The molecule has 0 aliphatic rings. The maximum absolute atomic E-state index is 12.5. The van der Waals surface area contributed by atoms with Gasteiger partial charge in [0.15, 0.2) is 0 Å². The van der Waals surface area contributed by atoms with Crippen LogP contribution in [-0.4, -0.2) is 9.55 Å². The van der Waals surface area contributed by atoms with Crippen molar-refractivity contribution in [2.75, 3.05) is 0 Å². The molecule has 0 aliphatic heterocycles. The molecule has 4 nitrogen and oxygen atoms in total. The highest BCUT2D eigenvalue weighted by molar-refractivity contribution is 7.71. The van der Waals surface area contributed by atoms with Crippen LogP contribution in [0.5, 0.6) is 0 Å². The molecule has 1 N–H and O–H groups in total. The maximum atomic E-state index is 12.5. The molecule has 130 valence electrons. The lowest BCUT2D eigenvalue weighted by Crippen LogP contribution is -2.13. The molecule has 0 spiro atoms. The summed E-state index contributed by atoms with van der Waals surface area (Å²) in [5, 5.41) is 10.1. The zero-order chi connectivity index (χ0) is 18.8. The van der Waals surface area contributed by atoms with E-state index in [2.05, 4.69) is 4.98 Å². The molecule has 2 aromatic heterocycles. The maximum Gasteiger partial charge on any atom is 0.266 e. The number of pyridine rings is 2. The SMILES string of the molecule is CC(C)n1cccc(-c2cc(-c3ccc(Cl)cc3)[nH]c(=O)c2C#N)c1=S. The van der Waals surface area contributed by atoms with E-state index in [-0.39, 0.29) is 11.6 Å². The van der Waals surface area contributed by atoms with Crippen LogP contribution in [0.25, 0.3) is 22.4 Å². The summed E-state index contributed by atoms with van der Waals surface area (Å²) in [5.41, 5.74) is 2.24. The standard InChI is InChI=1S/C20H16ClN3OS/c1-12(2)24-9-3-4-15(20(24)26)16-10-18(23-19(25)17(16)11-22)13-5-7-14(21)8-6-13/h3-10,12H,1-2H3,(H,23,25). The minimum Gasteiger partial charge on any atom is -0.336 e. The Morgan fingerprint density at radius 3 is 2.50 bits per heavy atom. The molecule has 26 heavy (non-hydrogen) atoms. The third-order valence-corrected chi connectivity index (χ3v) is 4.80. The summed E-state index contributed by atoms with van der Waals surface area (Å²) in [5.74, 6) is 0. The molecule has 0 saturated heterocycles. The second-order valence-corrected chi connectivity index (χ2v) is 6.97. The highest BCUT2D eigenvalue weighted by Crippen LogP contribution is 2.28. The van der Waals surface area contributed by atoms with E-state index in [4.69, 9.17) is 23.8 Å². The van der Waals surface area contributed by atoms with Crippen LogP contribution in [0.3, 0.4) is 0 Å². The molecule has 6 heteroatoms. The van der Waals surface area contributed by atoms with Crippen LogP contribution >= 0.6 is 23.8 Å². The van der Waals surface area contributed by atoms with E-state index in [9.17, 15) is 10.1 Å². The Balaban J connectivity index is 2.30. The van der Waals surface area contributed by atoms with Gasteiger partial charge in [0, 0.05) is 34.1 Å². The molecule has 0 radical (unpaired) electrons. The molecule has 2 heterocycles. The number of rotatable bonds is 3. The number of hydrogen-bond donors (Lipinski definition) is 1. The van der Waals surface area contributed by atoms with Gasteiger partial charge in [-0.25, -0.2) is 0 Å². The van der Waals surface area contributed by atoms with Gasteiger partial charge < -0.3 is 9.55 Å². The van der Waals surface area contributed by atoms with Crippen molar-refractivity contribution in [3.63, 3.8) is 0 Å². The lowest BCUT2D eigenvalue weighted by molar-refractivity contribution is 0.590. The van der Waals surface area contributed by atoms with Gasteiger partial charge in [0.05, 0.1) is 0 Å².